The molecule has 6 nitrogen and oxygen atoms in total. The maximum absolute atomic E-state index is 13.6. The number of hydrogen-bond donors (Lipinski definition) is 1. The van der Waals surface area contributed by atoms with E-state index in [0.29, 0.717) is 22.7 Å². The number of rotatable bonds is 2. The van der Waals surface area contributed by atoms with Crippen molar-refractivity contribution in [2.75, 3.05) is 12.8 Å². The van der Waals surface area contributed by atoms with E-state index in [4.69, 9.17) is 10.5 Å². The Labute approximate surface area is 107 Å². The van der Waals surface area contributed by atoms with Crippen molar-refractivity contribution < 1.29 is 9.13 Å². The summed E-state index contributed by atoms with van der Waals surface area (Å²) in [4.78, 5) is 8.21. The first-order valence-corrected chi connectivity index (χ1v) is 5.49. The molecule has 0 aliphatic rings. The number of fused-ring (bicyclic) bond motifs is 1. The van der Waals surface area contributed by atoms with Crippen LogP contribution in [0.4, 0.5) is 10.2 Å². The van der Waals surface area contributed by atoms with Gasteiger partial charge in [-0.05, 0) is 12.1 Å². The van der Waals surface area contributed by atoms with Gasteiger partial charge in [0.25, 0.3) is 0 Å². The van der Waals surface area contributed by atoms with Crippen LogP contribution >= 0.6 is 0 Å². The summed E-state index contributed by atoms with van der Waals surface area (Å²) < 4.78 is 19.9. The summed E-state index contributed by atoms with van der Waals surface area (Å²) in [7, 11) is 1.37. The molecule has 0 unspecified atom stereocenters. The standard InChI is InChI=1S/C12H10FN5O/c1-19-12-8(13)4-7(6-15-12)9-2-3-18-11(16-9)5-10(14)17-18/h2-6H,1H3,(H2,14,17). The zero-order valence-corrected chi connectivity index (χ0v) is 10.0. The fourth-order valence-corrected chi connectivity index (χ4v) is 1.77. The number of methoxy groups -OCH3 is 1. The topological polar surface area (TPSA) is 78.3 Å². The van der Waals surface area contributed by atoms with Gasteiger partial charge in [0, 0.05) is 24.0 Å². The van der Waals surface area contributed by atoms with Crippen molar-refractivity contribution >= 4 is 11.5 Å². The lowest BCUT2D eigenvalue weighted by molar-refractivity contribution is 0.369. The van der Waals surface area contributed by atoms with Crippen LogP contribution in [0.2, 0.25) is 0 Å². The molecule has 0 fully saturated rings. The van der Waals surface area contributed by atoms with Gasteiger partial charge in [-0.1, -0.05) is 0 Å². The highest BCUT2D eigenvalue weighted by Crippen LogP contribution is 2.22. The average molecular weight is 259 g/mol. The molecule has 7 heteroatoms. The quantitative estimate of drug-likeness (QED) is 0.755. The average Bonchev–Trinajstić information content (AvgIpc) is 2.77. The molecule has 0 radical (unpaired) electrons. The van der Waals surface area contributed by atoms with Gasteiger partial charge in [-0.25, -0.2) is 18.9 Å². The van der Waals surface area contributed by atoms with E-state index in [2.05, 4.69) is 15.1 Å². The number of nitrogens with zero attached hydrogens (tertiary/aromatic N) is 4. The Kier molecular flexibility index (Phi) is 2.52. The summed E-state index contributed by atoms with van der Waals surface area (Å²) in [6, 6.07) is 4.67. The smallest absolute Gasteiger partial charge is 0.250 e. The van der Waals surface area contributed by atoms with Crippen molar-refractivity contribution in [3.63, 3.8) is 0 Å². The fraction of sp³-hybridized carbons (Fsp3) is 0.0833. The predicted molar refractivity (Wildman–Crippen MR) is 67.1 cm³/mol. The summed E-state index contributed by atoms with van der Waals surface area (Å²) in [5, 5.41) is 4.02. The van der Waals surface area contributed by atoms with Crippen LogP contribution in [0.5, 0.6) is 5.88 Å². The van der Waals surface area contributed by atoms with Crippen LogP contribution in [-0.4, -0.2) is 26.7 Å². The van der Waals surface area contributed by atoms with Crippen LogP contribution in [0.15, 0.2) is 30.6 Å². The van der Waals surface area contributed by atoms with Gasteiger partial charge in [0.1, 0.15) is 5.82 Å². The second-order valence-electron chi connectivity index (χ2n) is 3.90. The second kappa shape index (κ2) is 4.20. The van der Waals surface area contributed by atoms with E-state index in [-0.39, 0.29) is 5.88 Å². The van der Waals surface area contributed by atoms with Gasteiger partial charge in [-0.15, -0.1) is 5.10 Å². The molecule has 0 saturated heterocycles. The van der Waals surface area contributed by atoms with Gasteiger partial charge in [-0.3, -0.25) is 0 Å². The molecule has 96 valence electrons. The Morgan fingerprint density at radius 2 is 2.21 bits per heavy atom. The molecule has 0 bridgehead atoms. The number of hydrogen-bond acceptors (Lipinski definition) is 5. The largest absolute Gasteiger partial charge is 0.479 e. The summed E-state index contributed by atoms with van der Waals surface area (Å²) in [6.45, 7) is 0. The fourth-order valence-electron chi connectivity index (χ4n) is 1.77. The SMILES string of the molecule is COc1ncc(-c2ccn3nc(N)cc3n2)cc1F. The van der Waals surface area contributed by atoms with E-state index in [9.17, 15) is 4.39 Å². The lowest BCUT2D eigenvalue weighted by atomic mass is 10.2. The predicted octanol–water partition coefficient (Wildman–Crippen LogP) is 1.52. The number of ether oxygens (including phenoxy) is 1. The van der Waals surface area contributed by atoms with E-state index in [1.807, 2.05) is 0 Å². The Morgan fingerprint density at radius 1 is 1.37 bits per heavy atom. The third-order valence-corrected chi connectivity index (χ3v) is 2.64. The number of pyridine rings is 1. The van der Waals surface area contributed by atoms with Gasteiger partial charge in [0.05, 0.1) is 12.8 Å². The zero-order chi connectivity index (χ0) is 13.4. The lowest BCUT2D eigenvalue weighted by Gasteiger charge is -2.04. The van der Waals surface area contributed by atoms with Crippen molar-refractivity contribution in [2.24, 2.45) is 0 Å². The van der Waals surface area contributed by atoms with Gasteiger partial charge in [0.2, 0.25) is 5.88 Å². The molecular weight excluding hydrogens is 249 g/mol. The van der Waals surface area contributed by atoms with Crippen LogP contribution in [0.1, 0.15) is 0 Å². The Bertz CT molecular complexity index is 755. The normalized spacial score (nSPS) is 10.8. The summed E-state index contributed by atoms with van der Waals surface area (Å²) in [5.41, 5.74) is 7.31. The molecule has 0 atom stereocenters. The van der Waals surface area contributed by atoms with Gasteiger partial charge >= 0.3 is 0 Å². The molecular formula is C12H10FN5O. The van der Waals surface area contributed by atoms with Gasteiger partial charge < -0.3 is 10.5 Å². The van der Waals surface area contributed by atoms with E-state index < -0.39 is 5.82 Å². The number of anilines is 1. The van der Waals surface area contributed by atoms with E-state index >= 15 is 0 Å². The van der Waals surface area contributed by atoms with E-state index in [1.165, 1.54) is 19.4 Å². The van der Waals surface area contributed by atoms with E-state index in [1.54, 1.807) is 22.8 Å². The lowest BCUT2D eigenvalue weighted by Crippen LogP contribution is -1.95. The van der Waals surface area contributed by atoms with E-state index in [0.717, 1.165) is 0 Å². The Balaban J connectivity index is 2.10. The third kappa shape index (κ3) is 1.95. The summed E-state index contributed by atoms with van der Waals surface area (Å²) in [6.07, 6.45) is 3.20. The minimum Gasteiger partial charge on any atom is -0.479 e. The minimum absolute atomic E-state index is 0.0431. The maximum Gasteiger partial charge on any atom is 0.250 e. The molecule has 0 saturated carbocycles. The zero-order valence-electron chi connectivity index (χ0n) is 10.0. The molecule has 19 heavy (non-hydrogen) atoms. The van der Waals surface area contributed by atoms with Gasteiger partial charge in [0.15, 0.2) is 11.5 Å². The van der Waals surface area contributed by atoms with Crippen molar-refractivity contribution in [3.8, 4) is 17.1 Å². The first-order valence-electron chi connectivity index (χ1n) is 5.49. The Morgan fingerprint density at radius 3 is 2.95 bits per heavy atom. The van der Waals surface area contributed by atoms with Crippen LogP contribution in [0.25, 0.3) is 16.9 Å². The third-order valence-electron chi connectivity index (χ3n) is 2.64. The monoisotopic (exact) mass is 259 g/mol. The summed E-state index contributed by atoms with van der Waals surface area (Å²) >= 11 is 0. The second-order valence-corrected chi connectivity index (χ2v) is 3.90. The highest BCUT2D eigenvalue weighted by atomic mass is 19.1. The van der Waals surface area contributed by atoms with Crippen molar-refractivity contribution in [2.45, 2.75) is 0 Å². The molecule has 0 spiro atoms. The van der Waals surface area contributed by atoms with Crippen molar-refractivity contribution in [3.05, 3.63) is 36.4 Å². The molecule has 0 aliphatic carbocycles. The molecule has 2 N–H and O–H groups in total. The number of nitrogen functional groups attached to an aromatic ring is 1. The van der Waals surface area contributed by atoms with Gasteiger partial charge in [-0.2, -0.15) is 0 Å². The Hall–Kier alpha value is -2.70. The molecule has 0 aromatic carbocycles. The van der Waals surface area contributed by atoms with Crippen LogP contribution in [-0.2, 0) is 0 Å². The maximum atomic E-state index is 13.6. The van der Waals surface area contributed by atoms with Crippen molar-refractivity contribution in [1.82, 2.24) is 19.6 Å². The number of halogens is 1. The first kappa shape index (κ1) is 11.4. The number of nitrogens with two attached hydrogens (primary N) is 1. The highest BCUT2D eigenvalue weighted by Gasteiger charge is 2.09. The minimum atomic E-state index is -0.533. The molecule has 0 aliphatic heterocycles. The molecule has 3 aromatic rings. The first-order chi connectivity index (χ1) is 9.17. The number of aromatic nitrogens is 4. The van der Waals surface area contributed by atoms with Crippen LogP contribution in [0, 0.1) is 5.82 Å². The van der Waals surface area contributed by atoms with Crippen molar-refractivity contribution in [1.29, 1.82) is 0 Å². The summed E-state index contributed by atoms with van der Waals surface area (Å²) in [5.74, 6) is -0.197. The molecule has 3 aromatic heterocycles. The highest BCUT2D eigenvalue weighted by molar-refractivity contribution is 5.62. The molecule has 3 heterocycles. The van der Waals surface area contributed by atoms with Crippen LogP contribution < -0.4 is 10.5 Å². The molecule has 3 rings (SSSR count). The molecule has 0 amide bonds. The van der Waals surface area contributed by atoms with Crippen LogP contribution in [0.3, 0.4) is 0 Å².